The van der Waals surface area contributed by atoms with E-state index in [-0.39, 0.29) is 11.9 Å². The zero-order chi connectivity index (χ0) is 17.5. The Morgan fingerprint density at radius 2 is 1.75 bits per heavy atom. The number of likely N-dealkylation sites (N-methyl/N-ethyl adjacent to an activating group) is 1. The maximum Gasteiger partial charge on any atom is 0.241 e. The van der Waals surface area contributed by atoms with Crippen LogP contribution in [-0.2, 0) is 17.8 Å². The number of benzene rings is 2. The molecule has 0 spiro atoms. The number of rotatable bonds is 7. The number of nitrogens with one attached hydrogen (secondary N) is 1. The summed E-state index contributed by atoms with van der Waals surface area (Å²) < 4.78 is 5.28. The summed E-state index contributed by atoms with van der Waals surface area (Å²) in [7, 11) is 3.56. The average Bonchev–Trinajstić information content (AvgIpc) is 2.62. The highest BCUT2D eigenvalue weighted by atomic mass is 16.5. The second-order valence-electron chi connectivity index (χ2n) is 5.95. The summed E-state index contributed by atoms with van der Waals surface area (Å²) >= 11 is 0. The lowest BCUT2D eigenvalue weighted by Gasteiger charge is -2.24. The Labute approximate surface area is 144 Å². The molecule has 0 aliphatic carbocycles. The third-order valence-corrected chi connectivity index (χ3v) is 4.27. The van der Waals surface area contributed by atoms with Gasteiger partial charge in [-0.3, -0.25) is 9.69 Å². The Morgan fingerprint density at radius 1 is 1.12 bits per heavy atom. The Bertz CT molecular complexity index is 668. The van der Waals surface area contributed by atoms with E-state index < -0.39 is 0 Å². The van der Waals surface area contributed by atoms with Gasteiger partial charge in [0.1, 0.15) is 5.75 Å². The maximum absolute atomic E-state index is 12.5. The number of hydrogen-bond donors (Lipinski definition) is 1. The molecule has 1 N–H and O–H groups in total. The minimum atomic E-state index is -0.249. The number of nitrogens with zero attached hydrogens (tertiary/aromatic N) is 1. The molecule has 1 atom stereocenters. The van der Waals surface area contributed by atoms with E-state index in [9.17, 15) is 4.79 Å². The third-order valence-electron chi connectivity index (χ3n) is 4.27. The van der Waals surface area contributed by atoms with Gasteiger partial charge in [-0.05, 0) is 43.7 Å². The standard InChI is InChI=1S/C20H26N2O2/c1-5-16-10-12-17(13-11-16)14-22(3)15(2)20(23)21-18-8-6-7-9-19(18)24-4/h6-13,15H,5,14H2,1-4H3,(H,21,23)/t15-/m1/s1. The van der Waals surface area contributed by atoms with E-state index in [2.05, 4.69) is 36.5 Å². The lowest BCUT2D eigenvalue weighted by molar-refractivity contribution is -0.120. The maximum atomic E-state index is 12.5. The van der Waals surface area contributed by atoms with Crippen molar-refractivity contribution in [3.63, 3.8) is 0 Å². The number of hydrogen-bond acceptors (Lipinski definition) is 3. The highest BCUT2D eigenvalue weighted by molar-refractivity contribution is 5.95. The Kier molecular flexibility index (Phi) is 6.38. The fraction of sp³-hybridized carbons (Fsp3) is 0.350. The smallest absolute Gasteiger partial charge is 0.241 e. The van der Waals surface area contributed by atoms with Gasteiger partial charge in [-0.1, -0.05) is 43.3 Å². The van der Waals surface area contributed by atoms with Crippen molar-refractivity contribution >= 4 is 11.6 Å². The van der Waals surface area contributed by atoms with Crippen molar-refractivity contribution in [2.75, 3.05) is 19.5 Å². The van der Waals surface area contributed by atoms with Gasteiger partial charge in [-0.2, -0.15) is 0 Å². The predicted octanol–water partition coefficient (Wildman–Crippen LogP) is 3.72. The molecule has 0 unspecified atom stereocenters. The summed E-state index contributed by atoms with van der Waals surface area (Å²) in [5.41, 5.74) is 3.22. The van der Waals surface area contributed by atoms with E-state index >= 15 is 0 Å². The number of carbonyl (C=O) groups is 1. The molecule has 0 bridgehead atoms. The van der Waals surface area contributed by atoms with E-state index in [1.54, 1.807) is 7.11 Å². The molecule has 0 aromatic heterocycles. The first-order valence-electron chi connectivity index (χ1n) is 8.27. The molecule has 2 aromatic rings. The van der Waals surface area contributed by atoms with Gasteiger partial charge in [0, 0.05) is 6.54 Å². The van der Waals surface area contributed by atoms with E-state index in [0.717, 1.165) is 13.0 Å². The summed E-state index contributed by atoms with van der Waals surface area (Å²) in [6, 6.07) is 15.7. The van der Waals surface area contributed by atoms with Crippen molar-refractivity contribution in [3.05, 3.63) is 59.7 Å². The van der Waals surface area contributed by atoms with Crippen LogP contribution >= 0.6 is 0 Å². The van der Waals surface area contributed by atoms with Crippen molar-refractivity contribution in [1.82, 2.24) is 4.90 Å². The van der Waals surface area contributed by atoms with Crippen molar-refractivity contribution in [2.45, 2.75) is 32.9 Å². The second-order valence-corrected chi connectivity index (χ2v) is 5.95. The predicted molar refractivity (Wildman–Crippen MR) is 98.4 cm³/mol. The molecule has 4 heteroatoms. The van der Waals surface area contributed by atoms with Crippen LogP contribution in [0.3, 0.4) is 0 Å². The van der Waals surface area contributed by atoms with Gasteiger partial charge in [-0.15, -0.1) is 0 Å². The van der Waals surface area contributed by atoms with Crippen LogP contribution in [-0.4, -0.2) is 31.0 Å². The molecule has 0 saturated heterocycles. The zero-order valence-corrected chi connectivity index (χ0v) is 14.9. The Morgan fingerprint density at radius 3 is 2.38 bits per heavy atom. The van der Waals surface area contributed by atoms with Crippen molar-refractivity contribution < 1.29 is 9.53 Å². The lowest BCUT2D eigenvalue weighted by Crippen LogP contribution is -2.39. The Balaban J connectivity index is 1.98. The van der Waals surface area contributed by atoms with Crippen LogP contribution in [0.2, 0.25) is 0 Å². The molecule has 0 aliphatic heterocycles. The normalized spacial score (nSPS) is 12.0. The number of carbonyl (C=O) groups excluding carboxylic acids is 1. The van der Waals surface area contributed by atoms with Crippen LogP contribution in [0.5, 0.6) is 5.75 Å². The van der Waals surface area contributed by atoms with E-state index in [1.165, 1.54) is 11.1 Å². The van der Waals surface area contributed by atoms with Gasteiger partial charge in [0.15, 0.2) is 0 Å². The average molecular weight is 326 g/mol. The molecule has 2 rings (SSSR count). The van der Waals surface area contributed by atoms with Crippen LogP contribution < -0.4 is 10.1 Å². The fourth-order valence-corrected chi connectivity index (χ4v) is 2.49. The van der Waals surface area contributed by atoms with Gasteiger partial charge < -0.3 is 10.1 Å². The number of ether oxygens (including phenoxy) is 1. The van der Waals surface area contributed by atoms with Gasteiger partial charge in [0.05, 0.1) is 18.8 Å². The zero-order valence-electron chi connectivity index (χ0n) is 14.9. The van der Waals surface area contributed by atoms with Gasteiger partial charge in [0.2, 0.25) is 5.91 Å². The lowest BCUT2D eigenvalue weighted by atomic mass is 10.1. The van der Waals surface area contributed by atoms with Crippen LogP contribution in [0, 0.1) is 0 Å². The second kappa shape index (κ2) is 8.50. The molecule has 0 fully saturated rings. The van der Waals surface area contributed by atoms with Crippen LogP contribution in [0.4, 0.5) is 5.69 Å². The topological polar surface area (TPSA) is 41.6 Å². The molecule has 0 aliphatic rings. The number of aryl methyl sites for hydroxylation is 1. The summed E-state index contributed by atoms with van der Waals surface area (Å²) in [5, 5.41) is 2.94. The Hall–Kier alpha value is -2.33. The summed E-state index contributed by atoms with van der Waals surface area (Å²) in [4.78, 5) is 14.5. The summed E-state index contributed by atoms with van der Waals surface area (Å²) in [6.07, 6.45) is 1.04. The van der Waals surface area contributed by atoms with E-state index in [1.807, 2.05) is 43.1 Å². The highest BCUT2D eigenvalue weighted by Gasteiger charge is 2.19. The molecule has 4 nitrogen and oxygen atoms in total. The molecule has 0 saturated carbocycles. The fourth-order valence-electron chi connectivity index (χ4n) is 2.49. The van der Waals surface area contributed by atoms with Crippen molar-refractivity contribution in [3.8, 4) is 5.75 Å². The summed E-state index contributed by atoms with van der Waals surface area (Å²) in [6.45, 7) is 4.78. The SMILES string of the molecule is CCc1ccc(CN(C)[C@H](C)C(=O)Nc2ccccc2OC)cc1. The number of methoxy groups -OCH3 is 1. The quantitative estimate of drug-likeness (QED) is 0.843. The van der Waals surface area contributed by atoms with Crippen molar-refractivity contribution in [1.29, 1.82) is 0 Å². The summed E-state index contributed by atoms with van der Waals surface area (Å²) in [5.74, 6) is 0.614. The minimum Gasteiger partial charge on any atom is -0.495 e. The number of anilines is 1. The number of para-hydroxylation sites is 2. The van der Waals surface area contributed by atoms with E-state index in [0.29, 0.717) is 11.4 Å². The minimum absolute atomic E-state index is 0.0489. The molecular formula is C20H26N2O2. The molecule has 2 aromatic carbocycles. The first-order chi connectivity index (χ1) is 11.5. The molecule has 0 radical (unpaired) electrons. The molecule has 0 heterocycles. The van der Waals surface area contributed by atoms with Gasteiger partial charge in [-0.25, -0.2) is 0 Å². The van der Waals surface area contributed by atoms with Crippen molar-refractivity contribution in [2.24, 2.45) is 0 Å². The third kappa shape index (κ3) is 4.59. The van der Waals surface area contributed by atoms with Crippen LogP contribution in [0.25, 0.3) is 0 Å². The first kappa shape index (κ1) is 18.0. The van der Waals surface area contributed by atoms with Gasteiger partial charge >= 0.3 is 0 Å². The highest BCUT2D eigenvalue weighted by Crippen LogP contribution is 2.23. The molecule has 128 valence electrons. The molecule has 24 heavy (non-hydrogen) atoms. The van der Waals surface area contributed by atoms with Gasteiger partial charge in [0.25, 0.3) is 0 Å². The van der Waals surface area contributed by atoms with Crippen LogP contribution in [0.15, 0.2) is 48.5 Å². The monoisotopic (exact) mass is 326 g/mol. The van der Waals surface area contributed by atoms with Crippen LogP contribution in [0.1, 0.15) is 25.0 Å². The molecular weight excluding hydrogens is 300 g/mol. The molecule has 1 amide bonds. The largest absolute Gasteiger partial charge is 0.495 e. The first-order valence-corrected chi connectivity index (χ1v) is 8.27. The number of amides is 1. The van der Waals surface area contributed by atoms with E-state index in [4.69, 9.17) is 4.74 Å².